The normalized spacial score (nSPS) is 13.7. The minimum absolute atomic E-state index is 0.372. The van der Waals surface area contributed by atoms with Crippen LogP contribution in [0.5, 0.6) is 0 Å². The van der Waals surface area contributed by atoms with Crippen molar-refractivity contribution in [3.63, 3.8) is 0 Å². The summed E-state index contributed by atoms with van der Waals surface area (Å²) in [6, 6.07) is 67.0. The van der Waals surface area contributed by atoms with Gasteiger partial charge in [0.25, 0.3) is 0 Å². The van der Waals surface area contributed by atoms with E-state index < -0.39 is 0 Å². The first-order valence-electron chi connectivity index (χ1n) is 18.7. The lowest BCUT2D eigenvalue weighted by atomic mass is 9.70. The van der Waals surface area contributed by atoms with Crippen molar-refractivity contribution < 1.29 is 4.42 Å². The first-order valence-corrected chi connectivity index (χ1v) is 18.7. The van der Waals surface area contributed by atoms with E-state index in [1.54, 1.807) is 0 Å². The van der Waals surface area contributed by atoms with E-state index >= 15 is 0 Å². The van der Waals surface area contributed by atoms with Crippen LogP contribution in [0.15, 0.2) is 186 Å². The Bertz CT molecular complexity index is 3360. The lowest BCUT2D eigenvalue weighted by molar-refractivity contribution is 0.669. The van der Waals surface area contributed by atoms with Crippen molar-refractivity contribution in [2.45, 2.75) is 5.41 Å². The Balaban J connectivity index is 1.13. The standard InChI is InChI=1S/C51H30N2O/c1-6-18-40-33(13-1)34-14-2-7-19-41(34)51(40)42-20-8-3-15-35(42)39-30-32(26-28-43(39)51)52-45-22-10-11-23-46(45)53-44-21-9-4-17-38(44)49(50(52)53)31-25-27-37-36-16-5-12-24-47(36)54-48(37)29-31/h1-30H. The highest BCUT2D eigenvalue weighted by molar-refractivity contribution is 6.12. The van der Waals surface area contributed by atoms with E-state index in [1.165, 1.54) is 72.0 Å². The Morgan fingerprint density at radius 1 is 0.389 bits per heavy atom. The number of furan rings is 1. The highest BCUT2D eigenvalue weighted by Gasteiger charge is 2.51. The number of para-hydroxylation sites is 4. The second-order valence-corrected chi connectivity index (χ2v) is 14.8. The molecule has 0 amide bonds. The number of hydrogen-bond acceptors (Lipinski definition) is 1. The summed E-state index contributed by atoms with van der Waals surface area (Å²) in [6.45, 7) is 0. The maximum Gasteiger partial charge on any atom is 0.136 e. The Hall–Kier alpha value is -7.10. The second kappa shape index (κ2) is 10.1. The number of imidazole rings is 1. The van der Waals surface area contributed by atoms with Gasteiger partial charge in [-0.05, 0) is 98.6 Å². The molecule has 0 atom stereocenters. The number of aromatic nitrogens is 2. The van der Waals surface area contributed by atoms with Crippen molar-refractivity contribution in [1.29, 1.82) is 0 Å². The summed E-state index contributed by atoms with van der Waals surface area (Å²) < 4.78 is 11.4. The predicted molar refractivity (Wildman–Crippen MR) is 221 cm³/mol. The van der Waals surface area contributed by atoms with E-state index in [9.17, 15) is 0 Å². The molecule has 0 aliphatic heterocycles. The minimum atomic E-state index is -0.372. The van der Waals surface area contributed by atoms with Gasteiger partial charge < -0.3 is 4.42 Å². The van der Waals surface area contributed by atoms with Gasteiger partial charge in [0, 0.05) is 27.4 Å². The van der Waals surface area contributed by atoms with E-state index in [2.05, 4.69) is 185 Å². The maximum absolute atomic E-state index is 6.45. The fourth-order valence-electron chi connectivity index (χ4n) is 10.3. The van der Waals surface area contributed by atoms with Gasteiger partial charge in [0.2, 0.25) is 0 Å². The zero-order valence-corrected chi connectivity index (χ0v) is 29.1. The molecule has 3 heterocycles. The van der Waals surface area contributed by atoms with Crippen LogP contribution < -0.4 is 0 Å². The molecule has 13 rings (SSSR count). The molecule has 0 bridgehead atoms. The minimum Gasteiger partial charge on any atom is -0.456 e. The third kappa shape index (κ3) is 3.34. The maximum atomic E-state index is 6.45. The van der Waals surface area contributed by atoms with Crippen molar-refractivity contribution in [2.24, 2.45) is 0 Å². The average molecular weight is 687 g/mol. The van der Waals surface area contributed by atoms with Crippen LogP contribution >= 0.6 is 0 Å². The van der Waals surface area contributed by atoms with Crippen LogP contribution in [-0.2, 0) is 5.41 Å². The number of fused-ring (bicyclic) bond motifs is 18. The van der Waals surface area contributed by atoms with Gasteiger partial charge in [-0.15, -0.1) is 0 Å². The van der Waals surface area contributed by atoms with E-state index in [1.807, 2.05) is 6.07 Å². The van der Waals surface area contributed by atoms with Crippen molar-refractivity contribution >= 4 is 49.5 Å². The number of rotatable bonds is 2. The fraction of sp³-hybridized carbons (Fsp3) is 0.0196. The van der Waals surface area contributed by atoms with Crippen LogP contribution in [0.3, 0.4) is 0 Å². The Morgan fingerprint density at radius 2 is 0.944 bits per heavy atom. The van der Waals surface area contributed by atoms with Crippen LogP contribution in [0.2, 0.25) is 0 Å². The topological polar surface area (TPSA) is 22.5 Å². The molecule has 11 aromatic rings. The summed E-state index contributed by atoms with van der Waals surface area (Å²) in [7, 11) is 0. The third-order valence-electron chi connectivity index (χ3n) is 12.3. The molecule has 0 unspecified atom stereocenters. The molecule has 3 nitrogen and oxygen atoms in total. The molecule has 3 aromatic heterocycles. The molecule has 2 aliphatic carbocycles. The number of benzene rings is 8. The molecular weight excluding hydrogens is 657 g/mol. The van der Waals surface area contributed by atoms with E-state index in [-0.39, 0.29) is 5.41 Å². The molecule has 3 heteroatoms. The predicted octanol–water partition coefficient (Wildman–Crippen LogP) is 12.9. The Labute approximate surface area is 310 Å². The van der Waals surface area contributed by atoms with Gasteiger partial charge >= 0.3 is 0 Å². The first-order chi connectivity index (χ1) is 26.8. The molecule has 0 radical (unpaired) electrons. The lowest BCUT2D eigenvalue weighted by Crippen LogP contribution is -2.25. The van der Waals surface area contributed by atoms with Gasteiger partial charge in [0.05, 0.1) is 22.0 Å². The summed E-state index contributed by atoms with van der Waals surface area (Å²) >= 11 is 0. The molecule has 0 saturated carbocycles. The van der Waals surface area contributed by atoms with E-state index in [4.69, 9.17) is 4.42 Å². The molecule has 250 valence electrons. The van der Waals surface area contributed by atoms with Gasteiger partial charge in [-0.25, -0.2) is 0 Å². The lowest BCUT2D eigenvalue weighted by Gasteiger charge is -2.30. The molecule has 1 spiro atoms. The van der Waals surface area contributed by atoms with Gasteiger partial charge in [-0.1, -0.05) is 133 Å². The fourth-order valence-corrected chi connectivity index (χ4v) is 10.3. The van der Waals surface area contributed by atoms with Gasteiger partial charge in [-0.2, -0.15) is 0 Å². The summed E-state index contributed by atoms with van der Waals surface area (Å²) in [4.78, 5) is 0. The van der Waals surface area contributed by atoms with Crippen LogP contribution in [0.25, 0.3) is 88.6 Å². The highest BCUT2D eigenvalue weighted by atomic mass is 16.3. The quantitative estimate of drug-likeness (QED) is 0.177. The van der Waals surface area contributed by atoms with Crippen LogP contribution in [-0.4, -0.2) is 8.97 Å². The molecule has 0 fully saturated rings. The number of nitrogens with zero attached hydrogens (tertiary/aromatic N) is 2. The van der Waals surface area contributed by atoms with Crippen molar-refractivity contribution in [2.75, 3.05) is 0 Å². The smallest absolute Gasteiger partial charge is 0.136 e. The second-order valence-electron chi connectivity index (χ2n) is 14.8. The number of hydrogen-bond donors (Lipinski definition) is 0. The van der Waals surface area contributed by atoms with E-state index in [0.717, 1.165) is 38.8 Å². The zero-order chi connectivity index (χ0) is 35.1. The largest absolute Gasteiger partial charge is 0.456 e. The van der Waals surface area contributed by atoms with E-state index in [0.29, 0.717) is 0 Å². The van der Waals surface area contributed by atoms with Crippen LogP contribution in [0.4, 0.5) is 0 Å². The van der Waals surface area contributed by atoms with Crippen molar-refractivity contribution in [3.8, 4) is 39.1 Å². The van der Waals surface area contributed by atoms with Gasteiger partial charge in [0.15, 0.2) is 0 Å². The summed E-state index contributed by atoms with van der Waals surface area (Å²) in [5, 5.41) is 3.49. The molecule has 2 aliphatic rings. The first kappa shape index (κ1) is 28.5. The van der Waals surface area contributed by atoms with Gasteiger partial charge in [0.1, 0.15) is 16.8 Å². The summed E-state index contributed by atoms with van der Waals surface area (Å²) in [6.07, 6.45) is 0. The van der Waals surface area contributed by atoms with Crippen LogP contribution in [0, 0.1) is 0 Å². The van der Waals surface area contributed by atoms with Crippen molar-refractivity contribution in [1.82, 2.24) is 8.97 Å². The van der Waals surface area contributed by atoms with Crippen molar-refractivity contribution in [3.05, 3.63) is 204 Å². The molecule has 0 N–H and O–H groups in total. The SMILES string of the molecule is c1ccc2c(c1)-c1ccccc1C21c2ccccc2-c2cc(-n3c4ccccc4n4c5ccccc5c(-c5ccc6c(c5)oc5ccccc56)c34)ccc21. The Morgan fingerprint density at radius 3 is 1.69 bits per heavy atom. The highest BCUT2D eigenvalue weighted by Crippen LogP contribution is 2.63. The molecule has 0 saturated heterocycles. The molecule has 54 heavy (non-hydrogen) atoms. The monoisotopic (exact) mass is 686 g/mol. The summed E-state index contributed by atoms with van der Waals surface area (Å²) in [5.74, 6) is 0. The third-order valence-corrected chi connectivity index (χ3v) is 12.3. The Kier molecular flexibility index (Phi) is 5.31. The van der Waals surface area contributed by atoms with Crippen LogP contribution in [0.1, 0.15) is 22.3 Å². The molecular formula is C51H30N2O. The summed E-state index contributed by atoms with van der Waals surface area (Å²) in [5.41, 5.74) is 20.2. The molecule has 8 aromatic carbocycles. The zero-order valence-electron chi connectivity index (χ0n) is 29.1. The van der Waals surface area contributed by atoms with Gasteiger partial charge in [-0.3, -0.25) is 8.97 Å². The average Bonchev–Trinajstić information content (AvgIpc) is 4.01.